The number of hydrogen-bond donors (Lipinski definition) is 1. The quantitative estimate of drug-likeness (QED) is 0.812. The minimum Gasteiger partial charge on any atom is -0.481 e. The van der Waals surface area contributed by atoms with E-state index >= 15 is 0 Å². The van der Waals surface area contributed by atoms with Crippen LogP contribution in [0.15, 0.2) is 53.0 Å². The number of anilines is 1. The third-order valence-corrected chi connectivity index (χ3v) is 3.51. The minimum absolute atomic E-state index is 0.295. The third kappa shape index (κ3) is 4.72. The fourth-order valence-electron chi connectivity index (χ4n) is 1.84. The van der Waals surface area contributed by atoms with Crippen molar-refractivity contribution in [2.75, 3.05) is 5.32 Å². The summed E-state index contributed by atoms with van der Waals surface area (Å²) in [5.41, 5.74) is -1.19. The lowest BCUT2D eigenvalue weighted by molar-refractivity contribution is -0.137. The van der Waals surface area contributed by atoms with Gasteiger partial charge in [0.2, 0.25) is 0 Å². The van der Waals surface area contributed by atoms with Crippen molar-refractivity contribution >= 4 is 27.5 Å². The van der Waals surface area contributed by atoms with Gasteiger partial charge in [0.1, 0.15) is 5.75 Å². The number of benzene rings is 2. The summed E-state index contributed by atoms with van der Waals surface area (Å²) < 4.78 is 45.0. The molecule has 1 atom stereocenters. The van der Waals surface area contributed by atoms with Crippen LogP contribution >= 0.6 is 15.9 Å². The van der Waals surface area contributed by atoms with E-state index in [1.807, 2.05) is 0 Å². The maximum Gasteiger partial charge on any atom is 0.418 e. The van der Waals surface area contributed by atoms with Gasteiger partial charge in [-0.05, 0) is 43.3 Å². The summed E-state index contributed by atoms with van der Waals surface area (Å²) >= 11 is 3.27. The minimum atomic E-state index is -4.54. The molecule has 0 radical (unpaired) electrons. The van der Waals surface area contributed by atoms with Crippen LogP contribution in [0, 0.1) is 0 Å². The molecule has 23 heavy (non-hydrogen) atoms. The predicted octanol–water partition coefficient (Wildman–Crippen LogP) is 4.87. The molecule has 0 unspecified atom stereocenters. The van der Waals surface area contributed by atoms with Gasteiger partial charge in [-0.15, -0.1) is 0 Å². The summed E-state index contributed by atoms with van der Waals surface area (Å²) in [5, 5.41) is 2.26. The zero-order chi connectivity index (χ0) is 17.0. The Morgan fingerprint density at radius 1 is 1.13 bits per heavy atom. The van der Waals surface area contributed by atoms with Gasteiger partial charge in [-0.3, -0.25) is 4.79 Å². The molecule has 7 heteroatoms. The smallest absolute Gasteiger partial charge is 0.418 e. The van der Waals surface area contributed by atoms with Crippen LogP contribution in [0.3, 0.4) is 0 Å². The molecule has 2 aromatic carbocycles. The lowest BCUT2D eigenvalue weighted by Gasteiger charge is -2.17. The summed E-state index contributed by atoms with van der Waals surface area (Å²) in [6.07, 6.45) is -5.49. The van der Waals surface area contributed by atoms with Crippen LogP contribution in [0.1, 0.15) is 12.5 Å². The molecule has 2 aromatic rings. The van der Waals surface area contributed by atoms with Gasteiger partial charge in [0.15, 0.2) is 6.10 Å². The molecular weight excluding hydrogens is 375 g/mol. The maximum atomic E-state index is 12.9. The van der Waals surface area contributed by atoms with E-state index in [0.717, 1.165) is 10.5 Å². The van der Waals surface area contributed by atoms with Gasteiger partial charge in [-0.25, -0.2) is 0 Å². The zero-order valence-corrected chi connectivity index (χ0v) is 13.6. The van der Waals surface area contributed by atoms with Crippen LogP contribution < -0.4 is 10.1 Å². The largest absolute Gasteiger partial charge is 0.481 e. The van der Waals surface area contributed by atoms with Crippen molar-refractivity contribution in [1.29, 1.82) is 0 Å². The van der Waals surface area contributed by atoms with Crippen molar-refractivity contribution in [3.8, 4) is 5.75 Å². The van der Waals surface area contributed by atoms with E-state index in [4.69, 9.17) is 4.74 Å². The second kappa shape index (κ2) is 7.04. The summed E-state index contributed by atoms with van der Waals surface area (Å²) in [6, 6.07) is 11.6. The van der Waals surface area contributed by atoms with Crippen LogP contribution in [-0.2, 0) is 11.0 Å². The zero-order valence-electron chi connectivity index (χ0n) is 12.0. The standard InChI is InChI=1S/C16H13BrF3NO2/c1-10(23-12-8-6-11(17)7-9-12)15(22)21-14-5-3-2-4-13(14)16(18,19)20/h2-10H,1H3,(H,21,22)/t10-/m0/s1. The van der Waals surface area contributed by atoms with Crippen molar-refractivity contribution in [3.05, 3.63) is 58.6 Å². The molecule has 0 aliphatic rings. The maximum absolute atomic E-state index is 12.9. The van der Waals surface area contributed by atoms with E-state index in [-0.39, 0.29) is 5.69 Å². The van der Waals surface area contributed by atoms with Gasteiger partial charge >= 0.3 is 6.18 Å². The number of rotatable bonds is 4. The summed E-state index contributed by atoms with van der Waals surface area (Å²) in [4.78, 5) is 12.1. The van der Waals surface area contributed by atoms with Crippen molar-refractivity contribution in [2.24, 2.45) is 0 Å². The van der Waals surface area contributed by atoms with Crippen LogP contribution in [0.5, 0.6) is 5.75 Å². The van der Waals surface area contributed by atoms with Gasteiger partial charge < -0.3 is 10.1 Å². The van der Waals surface area contributed by atoms with Gasteiger partial charge in [0.25, 0.3) is 5.91 Å². The Bertz CT molecular complexity index is 686. The molecule has 0 spiro atoms. The van der Waals surface area contributed by atoms with Gasteiger partial charge in [0.05, 0.1) is 11.3 Å². The molecular formula is C16H13BrF3NO2. The van der Waals surface area contributed by atoms with E-state index in [1.165, 1.54) is 25.1 Å². The number of para-hydroxylation sites is 1. The second-order valence-electron chi connectivity index (χ2n) is 4.75. The molecule has 2 rings (SSSR count). The molecule has 0 bridgehead atoms. The van der Waals surface area contributed by atoms with E-state index < -0.39 is 23.8 Å². The Morgan fingerprint density at radius 3 is 2.35 bits per heavy atom. The average molecular weight is 388 g/mol. The fourth-order valence-corrected chi connectivity index (χ4v) is 2.11. The highest BCUT2D eigenvalue weighted by Crippen LogP contribution is 2.34. The van der Waals surface area contributed by atoms with Gasteiger partial charge in [-0.1, -0.05) is 28.1 Å². The molecule has 0 aliphatic heterocycles. The molecule has 1 N–H and O–H groups in total. The van der Waals surface area contributed by atoms with Gasteiger partial charge in [0, 0.05) is 4.47 Å². The first kappa shape index (κ1) is 17.3. The lowest BCUT2D eigenvalue weighted by atomic mass is 10.1. The highest BCUT2D eigenvalue weighted by atomic mass is 79.9. The van der Waals surface area contributed by atoms with E-state index in [0.29, 0.717) is 5.75 Å². The number of carbonyl (C=O) groups is 1. The summed E-state index contributed by atoms with van der Waals surface area (Å²) in [6.45, 7) is 1.47. The Hall–Kier alpha value is -2.02. The lowest BCUT2D eigenvalue weighted by Crippen LogP contribution is -2.31. The topological polar surface area (TPSA) is 38.3 Å². The van der Waals surface area contributed by atoms with Crippen molar-refractivity contribution in [3.63, 3.8) is 0 Å². The number of nitrogens with one attached hydrogen (secondary N) is 1. The fraction of sp³-hybridized carbons (Fsp3) is 0.188. The first-order valence-electron chi connectivity index (χ1n) is 6.66. The average Bonchev–Trinajstić information content (AvgIpc) is 2.49. The number of ether oxygens (including phenoxy) is 1. The molecule has 0 fully saturated rings. The summed E-state index contributed by atoms with van der Waals surface area (Å²) in [7, 11) is 0. The van der Waals surface area contributed by atoms with Crippen molar-refractivity contribution < 1.29 is 22.7 Å². The number of halogens is 4. The molecule has 3 nitrogen and oxygen atoms in total. The molecule has 0 saturated heterocycles. The highest BCUT2D eigenvalue weighted by molar-refractivity contribution is 9.10. The Labute approximate surface area is 139 Å². The first-order chi connectivity index (χ1) is 10.8. The van der Waals surface area contributed by atoms with Crippen LogP contribution in [0.4, 0.5) is 18.9 Å². The number of alkyl halides is 3. The number of carbonyl (C=O) groups excluding carboxylic acids is 1. The molecule has 0 aliphatic carbocycles. The second-order valence-corrected chi connectivity index (χ2v) is 5.66. The third-order valence-electron chi connectivity index (χ3n) is 2.99. The Balaban J connectivity index is 2.08. The van der Waals surface area contributed by atoms with E-state index in [9.17, 15) is 18.0 Å². The molecule has 0 heterocycles. The normalized spacial score (nSPS) is 12.6. The Kier molecular flexibility index (Phi) is 5.30. The summed E-state index contributed by atoms with van der Waals surface area (Å²) in [5.74, 6) is -0.218. The predicted molar refractivity (Wildman–Crippen MR) is 84.3 cm³/mol. The number of hydrogen-bond acceptors (Lipinski definition) is 2. The van der Waals surface area contributed by atoms with Crippen LogP contribution in [0.2, 0.25) is 0 Å². The highest BCUT2D eigenvalue weighted by Gasteiger charge is 2.33. The first-order valence-corrected chi connectivity index (χ1v) is 7.46. The van der Waals surface area contributed by atoms with E-state index in [1.54, 1.807) is 24.3 Å². The van der Waals surface area contributed by atoms with Crippen molar-refractivity contribution in [2.45, 2.75) is 19.2 Å². The van der Waals surface area contributed by atoms with Gasteiger partial charge in [-0.2, -0.15) is 13.2 Å². The molecule has 0 saturated carbocycles. The molecule has 122 valence electrons. The monoisotopic (exact) mass is 387 g/mol. The van der Waals surface area contributed by atoms with Crippen LogP contribution in [-0.4, -0.2) is 12.0 Å². The molecule has 0 aromatic heterocycles. The number of amides is 1. The van der Waals surface area contributed by atoms with Crippen LogP contribution in [0.25, 0.3) is 0 Å². The SMILES string of the molecule is C[C@H](Oc1ccc(Br)cc1)C(=O)Nc1ccccc1C(F)(F)F. The molecule has 1 amide bonds. The van der Waals surface area contributed by atoms with E-state index in [2.05, 4.69) is 21.2 Å². The Morgan fingerprint density at radius 2 is 1.74 bits per heavy atom. The van der Waals surface area contributed by atoms with Crippen molar-refractivity contribution in [1.82, 2.24) is 0 Å².